The summed E-state index contributed by atoms with van der Waals surface area (Å²) in [4.78, 5) is 56.0. The minimum Gasteiger partial charge on any atom is -0.481 e. The molecule has 0 aliphatic rings. The molecule has 6 N–H and O–H groups in total. The molecule has 0 spiro atoms. The van der Waals surface area contributed by atoms with Gasteiger partial charge < -0.3 is 26.6 Å². The van der Waals surface area contributed by atoms with Gasteiger partial charge in [0.15, 0.2) is 17.0 Å². The Morgan fingerprint density at radius 3 is 2.36 bits per heavy atom. The van der Waals surface area contributed by atoms with Gasteiger partial charge in [-0.1, -0.05) is 0 Å². The molecule has 3 rings (SSSR count). The molecule has 0 saturated carbocycles. The second-order valence-corrected chi connectivity index (χ2v) is 6.97. The van der Waals surface area contributed by atoms with Gasteiger partial charge in [0.1, 0.15) is 5.71 Å². The number of fused-ring (bicyclic) bond motifs is 1. The highest BCUT2D eigenvalue weighted by molar-refractivity contribution is 6.38. The molecule has 33 heavy (non-hydrogen) atoms. The van der Waals surface area contributed by atoms with E-state index in [1.54, 1.807) is 25.4 Å². The van der Waals surface area contributed by atoms with Crippen molar-refractivity contribution in [3.63, 3.8) is 0 Å². The van der Waals surface area contributed by atoms with Gasteiger partial charge in [0.2, 0.25) is 5.95 Å². The number of aromatic nitrogens is 4. The summed E-state index contributed by atoms with van der Waals surface area (Å²) in [5, 5.41) is 17.8. The highest BCUT2D eigenvalue weighted by Gasteiger charge is 2.15. The number of carbonyl (C=O) groups excluding carboxylic acids is 1. The van der Waals surface area contributed by atoms with E-state index in [0.29, 0.717) is 23.4 Å². The lowest BCUT2D eigenvalue weighted by Gasteiger charge is -2.19. The Balaban J connectivity index is 1.73. The van der Waals surface area contributed by atoms with Crippen molar-refractivity contribution in [3.05, 3.63) is 41.7 Å². The first-order valence-corrected chi connectivity index (χ1v) is 9.57. The van der Waals surface area contributed by atoms with Gasteiger partial charge in [-0.05, 0) is 24.3 Å². The summed E-state index contributed by atoms with van der Waals surface area (Å²) in [5.41, 5.74) is 13.0. The van der Waals surface area contributed by atoms with E-state index < -0.39 is 30.0 Å². The van der Waals surface area contributed by atoms with Gasteiger partial charge in [-0.15, -0.1) is 0 Å². The van der Waals surface area contributed by atoms with Crippen molar-refractivity contribution in [2.45, 2.75) is 19.4 Å². The Morgan fingerprint density at radius 1 is 1.03 bits per heavy atom. The van der Waals surface area contributed by atoms with Crippen molar-refractivity contribution in [3.8, 4) is 0 Å². The zero-order chi connectivity index (χ0) is 24.1. The first-order chi connectivity index (χ1) is 15.6. The number of carboxylic acids is 2. The van der Waals surface area contributed by atoms with Crippen molar-refractivity contribution in [1.29, 1.82) is 0 Å². The first-order valence-electron chi connectivity index (χ1n) is 9.57. The maximum absolute atomic E-state index is 12.3. The Hall–Kier alpha value is -4.68. The molecule has 0 saturated heterocycles. The van der Waals surface area contributed by atoms with Gasteiger partial charge in [0.05, 0.1) is 24.9 Å². The standard InChI is InChI=1S/C20H20N8O5/c1-28(9-11-8-23-17-15(24-11)16(21)26-20(22)27-17)12-4-2-10(3-5-12)18(31)25-13(19(32)33)6-7-14(29)30/h2-5,8H,6-7,9H2,1H3,(H,29,30)(H,32,33)(H4,21,22,23,26,27)/b25-13-. The van der Waals surface area contributed by atoms with Crippen molar-refractivity contribution in [2.24, 2.45) is 4.99 Å². The van der Waals surface area contributed by atoms with Gasteiger partial charge in [-0.3, -0.25) is 9.59 Å². The molecule has 2 aromatic heterocycles. The molecule has 0 bridgehead atoms. The Morgan fingerprint density at radius 2 is 1.73 bits per heavy atom. The molecule has 0 unspecified atom stereocenters. The predicted octanol–water partition coefficient (Wildman–Crippen LogP) is 0.751. The summed E-state index contributed by atoms with van der Waals surface area (Å²) in [5.74, 6) is -3.26. The van der Waals surface area contributed by atoms with Crippen molar-refractivity contribution < 1.29 is 24.6 Å². The number of carboxylic acid groups (broad SMARTS) is 2. The van der Waals surface area contributed by atoms with E-state index >= 15 is 0 Å². The van der Waals surface area contributed by atoms with Gasteiger partial charge >= 0.3 is 11.9 Å². The van der Waals surface area contributed by atoms with E-state index in [1.807, 2.05) is 4.90 Å². The van der Waals surface area contributed by atoms with Crippen LogP contribution in [0.25, 0.3) is 11.2 Å². The quantitative estimate of drug-likeness (QED) is 0.349. The lowest BCUT2D eigenvalue weighted by atomic mass is 10.1. The van der Waals surface area contributed by atoms with Crippen LogP contribution in [-0.4, -0.2) is 60.8 Å². The highest BCUT2D eigenvalue weighted by Crippen LogP contribution is 2.19. The van der Waals surface area contributed by atoms with E-state index in [9.17, 15) is 14.4 Å². The number of aliphatic imine (C=N–C) groups is 1. The van der Waals surface area contributed by atoms with Crippen LogP contribution in [0.15, 0.2) is 35.5 Å². The van der Waals surface area contributed by atoms with E-state index in [4.69, 9.17) is 21.7 Å². The third-order valence-electron chi connectivity index (χ3n) is 4.51. The van der Waals surface area contributed by atoms with Crippen LogP contribution in [0.1, 0.15) is 28.9 Å². The smallest absolute Gasteiger partial charge is 0.350 e. The van der Waals surface area contributed by atoms with Crippen molar-refractivity contribution >= 4 is 52.2 Å². The molecule has 0 atom stereocenters. The molecule has 0 aliphatic heterocycles. The molecule has 170 valence electrons. The zero-order valence-electron chi connectivity index (χ0n) is 17.5. The molecule has 0 aliphatic carbocycles. The Bertz CT molecular complexity index is 1260. The van der Waals surface area contributed by atoms with E-state index in [1.165, 1.54) is 12.1 Å². The number of hydrogen-bond acceptors (Lipinski definition) is 10. The fraction of sp³-hybridized carbons (Fsp3) is 0.200. The summed E-state index contributed by atoms with van der Waals surface area (Å²) in [7, 11) is 1.80. The Kier molecular flexibility index (Phi) is 6.71. The zero-order valence-corrected chi connectivity index (χ0v) is 17.5. The monoisotopic (exact) mass is 452 g/mol. The van der Waals surface area contributed by atoms with Gasteiger partial charge in [-0.25, -0.2) is 19.8 Å². The van der Waals surface area contributed by atoms with Gasteiger partial charge in [-0.2, -0.15) is 9.97 Å². The first kappa shape index (κ1) is 23.0. The topological polar surface area (TPSA) is 211 Å². The molecule has 2 heterocycles. The van der Waals surface area contributed by atoms with Crippen LogP contribution >= 0.6 is 0 Å². The predicted molar refractivity (Wildman–Crippen MR) is 119 cm³/mol. The van der Waals surface area contributed by atoms with Gasteiger partial charge in [0.25, 0.3) is 5.91 Å². The van der Waals surface area contributed by atoms with Crippen molar-refractivity contribution in [2.75, 3.05) is 23.4 Å². The lowest BCUT2D eigenvalue weighted by molar-refractivity contribution is -0.136. The third-order valence-corrected chi connectivity index (χ3v) is 4.51. The van der Waals surface area contributed by atoms with E-state index in [2.05, 4.69) is 24.9 Å². The molecular weight excluding hydrogens is 432 g/mol. The number of rotatable bonds is 8. The SMILES string of the molecule is CN(Cc1cnc2nc(N)nc(N)c2n1)c1ccc(C(=O)/N=C(/CCC(=O)O)C(=O)O)cc1. The number of benzene rings is 1. The molecule has 1 amide bonds. The molecular formula is C20H20N8O5. The maximum atomic E-state index is 12.3. The van der Waals surface area contributed by atoms with E-state index in [0.717, 1.165) is 5.69 Å². The second kappa shape index (κ2) is 9.64. The number of carbonyl (C=O) groups is 3. The van der Waals surface area contributed by atoms with E-state index in [-0.39, 0.29) is 23.8 Å². The van der Waals surface area contributed by atoms with Crippen LogP contribution in [-0.2, 0) is 16.1 Å². The minimum absolute atomic E-state index is 0.00972. The summed E-state index contributed by atoms with van der Waals surface area (Å²) >= 11 is 0. The number of amides is 1. The molecule has 3 aromatic rings. The number of hydrogen-bond donors (Lipinski definition) is 4. The number of aliphatic carboxylic acids is 2. The van der Waals surface area contributed by atoms with Crippen LogP contribution < -0.4 is 16.4 Å². The second-order valence-electron chi connectivity index (χ2n) is 6.97. The Labute approximate surface area is 186 Å². The normalized spacial score (nSPS) is 11.4. The number of nitrogens with two attached hydrogens (primary N) is 2. The molecule has 13 nitrogen and oxygen atoms in total. The molecule has 0 radical (unpaired) electrons. The van der Waals surface area contributed by atoms with Gasteiger partial charge in [0, 0.05) is 24.7 Å². The highest BCUT2D eigenvalue weighted by atomic mass is 16.4. The largest absolute Gasteiger partial charge is 0.481 e. The average molecular weight is 452 g/mol. The maximum Gasteiger partial charge on any atom is 0.350 e. The summed E-state index contributed by atoms with van der Waals surface area (Å²) in [6.07, 6.45) is 0.749. The molecule has 13 heteroatoms. The third kappa shape index (κ3) is 5.72. The number of nitrogens with zero attached hydrogens (tertiary/aromatic N) is 6. The fourth-order valence-corrected chi connectivity index (χ4v) is 2.87. The summed E-state index contributed by atoms with van der Waals surface area (Å²) in [6.45, 7) is 0.358. The lowest BCUT2D eigenvalue weighted by Crippen LogP contribution is -2.18. The van der Waals surface area contributed by atoms with Crippen molar-refractivity contribution in [1.82, 2.24) is 19.9 Å². The summed E-state index contributed by atoms with van der Waals surface area (Å²) in [6, 6.07) is 6.31. The molecule has 1 aromatic carbocycles. The van der Waals surface area contributed by atoms with Crippen LogP contribution in [0, 0.1) is 0 Å². The number of nitrogen functional groups attached to an aromatic ring is 2. The van der Waals surface area contributed by atoms with Crippen LogP contribution in [0.3, 0.4) is 0 Å². The summed E-state index contributed by atoms with van der Waals surface area (Å²) < 4.78 is 0. The van der Waals surface area contributed by atoms with Crippen LogP contribution in [0.5, 0.6) is 0 Å². The van der Waals surface area contributed by atoms with Crippen LogP contribution in [0.2, 0.25) is 0 Å². The fourth-order valence-electron chi connectivity index (χ4n) is 2.87. The number of anilines is 3. The minimum atomic E-state index is -1.44. The van der Waals surface area contributed by atoms with Crippen LogP contribution in [0.4, 0.5) is 17.5 Å². The average Bonchev–Trinajstić information content (AvgIpc) is 2.76. The molecule has 0 fully saturated rings.